The summed E-state index contributed by atoms with van der Waals surface area (Å²) < 4.78 is 17.8. The number of hydrogen-bond acceptors (Lipinski definition) is 10. The summed E-state index contributed by atoms with van der Waals surface area (Å²) in [5.74, 6) is 0. The molecule has 10 nitrogen and oxygen atoms in total. The van der Waals surface area contributed by atoms with E-state index in [1.807, 2.05) is 42.5 Å². The first-order valence-corrected chi connectivity index (χ1v) is 30.5. The van der Waals surface area contributed by atoms with Crippen molar-refractivity contribution in [3.05, 3.63) is 42.5 Å². The number of aliphatic hydroxyl groups excluding tert-OH is 5. The molecular formula is C61H108N2O8S. The van der Waals surface area contributed by atoms with Gasteiger partial charge in [0.05, 0.1) is 24.9 Å². The average molecular weight is 1030 g/mol. The predicted octanol–water partition coefficient (Wildman–Crippen LogP) is 14.5. The molecule has 0 aliphatic carbocycles. The highest BCUT2D eigenvalue weighted by Gasteiger charge is 2.45. The molecule has 1 fully saturated rings. The van der Waals surface area contributed by atoms with Crippen LogP contribution in [0.15, 0.2) is 42.5 Å². The van der Waals surface area contributed by atoms with Gasteiger partial charge in [0.15, 0.2) is 6.29 Å². The van der Waals surface area contributed by atoms with Crippen LogP contribution in [0.1, 0.15) is 251 Å². The molecule has 0 radical (unpaired) electrons. The molecule has 0 bridgehead atoms. The lowest BCUT2D eigenvalue weighted by Gasteiger charge is -2.40. The van der Waals surface area contributed by atoms with Crippen LogP contribution in [0.3, 0.4) is 0 Å². The van der Waals surface area contributed by atoms with Crippen LogP contribution in [-0.2, 0) is 14.2 Å². The van der Waals surface area contributed by atoms with Crippen LogP contribution in [0.5, 0.6) is 0 Å². The lowest BCUT2D eigenvalue weighted by atomic mass is 9.98. The van der Waals surface area contributed by atoms with Crippen LogP contribution in [0, 0.1) is 0 Å². The molecule has 0 spiro atoms. The summed E-state index contributed by atoms with van der Waals surface area (Å²) in [7, 11) is 0. The van der Waals surface area contributed by atoms with Crippen molar-refractivity contribution in [3.8, 4) is 0 Å². The van der Waals surface area contributed by atoms with Gasteiger partial charge in [-0.25, -0.2) is 0 Å². The average Bonchev–Trinajstić information content (AvgIpc) is 3.39. The maximum Gasteiger partial charge on any atom is 0.261 e. The largest absolute Gasteiger partial charge is 0.468 e. The molecule has 72 heavy (non-hydrogen) atoms. The van der Waals surface area contributed by atoms with Gasteiger partial charge >= 0.3 is 0 Å². The van der Waals surface area contributed by atoms with Crippen molar-refractivity contribution in [3.63, 3.8) is 0 Å². The summed E-state index contributed by atoms with van der Waals surface area (Å²) in [6.07, 6.45) is 38.5. The lowest BCUT2D eigenvalue weighted by molar-refractivity contribution is -0.302. The van der Waals surface area contributed by atoms with Gasteiger partial charge in [0, 0.05) is 11.1 Å². The number of rotatable bonds is 47. The summed E-state index contributed by atoms with van der Waals surface area (Å²) in [6, 6.07) is 13.1. The van der Waals surface area contributed by atoms with E-state index in [4.69, 9.17) is 26.4 Å². The fourth-order valence-electron chi connectivity index (χ4n) is 10.3. The summed E-state index contributed by atoms with van der Waals surface area (Å²) in [5, 5.41) is 64.0. The van der Waals surface area contributed by atoms with E-state index in [9.17, 15) is 25.5 Å². The van der Waals surface area contributed by atoms with E-state index in [1.54, 1.807) is 0 Å². The van der Waals surface area contributed by atoms with Crippen molar-refractivity contribution in [1.29, 1.82) is 0 Å². The molecule has 0 saturated carbocycles. The van der Waals surface area contributed by atoms with E-state index in [0.717, 1.165) is 48.6 Å². The first-order chi connectivity index (χ1) is 35.3. The molecule has 1 aliphatic rings. The second kappa shape index (κ2) is 43.2. The van der Waals surface area contributed by atoms with Crippen LogP contribution in [0.25, 0.3) is 10.8 Å². The van der Waals surface area contributed by atoms with E-state index in [2.05, 4.69) is 24.5 Å². The zero-order valence-electron chi connectivity index (χ0n) is 45.8. The normalized spacial score (nSPS) is 19.4. The van der Waals surface area contributed by atoms with Crippen molar-refractivity contribution in [2.45, 2.75) is 300 Å². The van der Waals surface area contributed by atoms with Crippen molar-refractivity contribution < 1.29 is 39.7 Å². The van der Waals surface area contributed by atoms with Crippen LogP contribution in [-0.4, -0.2) is 99.4 Å². The molecule has 0 aromatic heterocycles. The summed E-state index contributed by atoms with van der Waals surface area (Å²) in [4.78, 5) is 0. The Kier molecular flexibility index (Phi) is 38.6. The Morgan fingerprint density at radius 2 is 0.972 bits per heavy atom. The standard InChI is InChI=1S/C61H108N2O8S/c1-3-5-7-9-11-13-15-17-18-19-20-21-22-23-24-25-26-27-28-30-32-34-36-40-47-62-53(56(65)54(64)46-37-35-33-31-29-16-14-12-10-8-6-4-2)48-69-60-59(68)58(67)57(66)55(71-60)49-70-61(72)63-52-45-41-43-50-42-38-39-44-51(50)52/h38-39,41-45,53-60,62,64-68H,3-37,40,46-49H2,1-2H3,(H,63,72)/t53-,54+,55+,56-,57-,58-,59+,60+/m0/s1. The van der Waals surface area contributed by atoms with Crippen molar-refractivity contribution in [1.82, 2.24) is 5.32 Å². The minimum Gasteiger partial charge on any atom is -0.468 e. The zero-order chi connectivity index (χ0) is 51.7. The minimum atomic E-state index is -1.57. The fraction of sp³-hybridized carbons (Fsp3) is 0.820. The molecule has 1 heterocycles. The maximum atomic E-state index is 11.5. The van der Waals surface area contributed by atoms with E-state index < -0.39 is 49.0 Å². The number of ether oxygens (including phenoxy) is 3. The summed E-state index contributed by atoms with van der Waals surface area (Å²) in [5.41, 5.74) is 0.768. The zero-order valence-corrected chi connectivity index (χ0v) is 46.6. The molecular weight excluding hydrogens is 921 g/mol. The molecule has 0 unspecified atom stereocenters. The molecule has 8 atom stereocenters. The Morgan fingerprint density at radius 1 is 0.542 bits per heavy atom. The molecule has 2 aromatic carbocycles. The smallest absolute Gasteiger partial charge is 0.261 e. The van der Waals surface area contributed by atoms with Gasteiger partial charge in [-0.05, 0) is 43.1 Å². The van der Waals surface area contributed by atoms with Gasteiger partial charge in [-0.2, -0.15) is 0 Å². The predicted molar refractivity (Wildman–Crippen MR) is 305 cm³/mol. The fourth-order valence-corrected chi connectivity index (χ4v) is 10.5. The highest BCUT2D eigenvalue weighted by atomic mass is 32.1. The molecule has 2 aromatic rings. The number of unbranched alkanes of at least 4 members (excludes halogenated alkanes) is 34. The van der Waals surface area contributed by atoms with Gasteiger partial charge in [-0.3, -0.25) is 0 Å². The van der Waals surface area contributed by atoms with E-state index >= 15 is 0 Å². The van der Waals surface area contributed by atoms with Crippen LogP contribution < -0.4 is 10.6 Å². The third-order valence-electron chi connectivity index (χ3n) is 15.1. The van der Waals surface area contributed by atoms with Crippen LogP contribution >= 0.6 is 12.2 Å². The third-order valence-corrected chi connectivity index (χ3v) is 15.3. The van der Waals surface area contributed by atoms with Crippen LogP contribution in [0.4, 0.5) is 5.69 Å². The summed E-state index contributed by atoms with van der Waals surface area (Å²) >= 11 is 5.47. The number of benzene rings is 2. The monoisotopic (exact) mass is 1030 g/mol. The quantitative estimate of drug-likeness (QED) is 0.0251. The van der Waals surface area contributed by atoms with Gasteiger partial charge in [0.25, 0.3) is 5.17 Å². The number of hydrogen-bond donors (Lipinski definition) is 7. The number of aliphatic hydroxyl groups is 5. The highest BCUT2D eigenvalue weighted by Crippen LogP contribution is 2.26. The van der Waals surface area contributed by atoms with E-state index in [-0.39, 0.29) is 18.4 Å². The van der Waals surface area contributed by atoms with E-state index in [1.165, 1.54) is 199 Å². The van der Waals surface area contributed by atoms with Gasteiger partial charge in [-0.1, -0.05) is 275 Å². The van der Waals surface area contributed by atoms with Gasteiger partial charge in [0.1, 0.15) is 31.0 Å². The first-order valence-electron chi connectivity index (χ1n) is 30.1. The molecule has 1 aliphatic heterocycles. The highest BCUT2D eigenvalue weighted by molar-refractivity contribution is 7.80. The van der Waals surface area contributed by atoms with Crippen molar-refractivity contribution >= 4 is 33.9 Å². The number of fused-ring (bicyclic) bond motifs is 1. The number of thiocarbonyl (C=S) groups is 1. The van der Waals surface area contributed by atoms with Gasteiger partial charge in [0.2, 0.25) is 0 Å². The van der Waals surface area contributed by atoms with Crippen molar-refractivity contribution in [2.24, 2.45) is 0 Å². The third kappa shape index (κ3) is 29.4. The molecule has 0 amide bonds. The maximum absolute atomic E-state index is 11.5. The topological polar surface area (TPSA) is 153 Å². The number of nitrogens with one attached hydrogen (secondary N) is 2. The van der Waals surface area contributed by atoms with Gasteiger partial charge < -0.3 is 50.4 Å². The van der Waals surface area contributed by atoms with Crippen LogP contribution in [0.2, 0.25) is 0 Å². The first kappa shape index (κ1) is 64.4. The van der Waals surface area contributed by atoms with Crippen molar-refractivity contribution in [2.75, 3.05) is 25.1 Å². The molecule has 11 heteroatoms. The Bertz CT molecular complexity index is 1570. The molecule has 1 saturated heterocycles. The second-order valence-electron chi connectivity index (χ2n) is 21.5. The minimum absolute atomic E-state index is 0.0653. The molecule has 7 N–H and O–H groups in total. The Morgan fingerprint density at radius 3 is 1.46 bits per heavy atom. The van der Waals surface area contributed by atoms with Gasteiger partial charge in [-0.15, -0.1) is 0 Å². The Labute approximate surface area is 444 Å². The van der Waals surface area contributed by atoms with E-state index in [0.29, 0.717) is 13.0 Å². The SMILES string of the molecule is CCCCCCCCCCCCCCCCCCCCCCCCCCN[C@@H](CO[C@@H]1O[C@H](COC(=S)Nc2cccc3ccccc23)[C@H](O)[C@H](O)[C@H]1O)[C@H](O)[C@H](O)CCCCCCCCCCCCCC. The number of anilines is 1. The Hall–Kier alpha value is -1.93. The molecule has 3 rings (SSSR count). The Balaban J connectivity index is 1.34. The second-order valence-corrected chi connectivity index (χ2v) is 21.9. The molecule has 416 valence electrons. The lowest BCUT2D eigenvalue weighted by Crippen LogP contribution is -2.60. The summed E-state index contributed by atoms with van der Waals surface area (Å²) in [6.45, 7) is 4.89.